The molecular formula is C29H38F2N2O4. The highest BCUT2D eigenvalue weighted by Crippen LogP contribution is 2.52. The smallest absolute Gasteiger partial charge is 0.333 e. The largest absolute Gasteiger partial charge is 0.479 e. The summed E-state index contributed by atoms with van der Waals surface area (Å²) >= 11 is 0. The molecule has 1 fully saturated rings. The van der Waals surface area contributed by atoms with Crippen molar-refractivity contribution in [1.82, 2.24) is 5.32 Å². The van der Waals surface area contributed by atoms with Crippen LogP contribution in [-0.2, 0) is 21.4 Å². The average molecular weight is 517 g/mol. The molecule has 1 aliphatic carbocycles. The first-order valence-corrected chi connectivity index (χ1v) is 13.3. The van der Waals surface area contributed by atoms with Crippen molar-refractivity contribution in [3.63, 3.8) is 0 Å². The van der Waals surface area contributed by atoms with Crippen molar-refractivity contribution >= 4 is 17.7 Å². The quantitative estimate of drug-likeness (QED) is 0.233. The minimum atomic E-state index is -0.986. The zero-order chi connectivity index (χ0) is 26.8. The molecular weight excluding hydrogens is 478 g/mol. The average Bonchev–Trinajstić information content (AvgIpc) is 3.67. The molecule has 0 spiro atoms. The van der Waals surface area contributed by atoms with Crippen molar-refractivity contribution in [3.05, 3.63) is 65.2 Å². The lowest BCUT2D eigenvalue weighted by molar-refractivity contribution is -0.149. The molecule has 1 aliphatic rings. The molecule has 2 aromatic carbocycles. The number of benzene rings is 2. The lowest BCUT2D eigenvalue weighted by Gasteiger charge is -2.29. The molecule has 2 atom stereocenters. The van der Waals surface area contributed by atoms with Crippen molar-refractivity contribution < 1.29 is 28.2 Å². The maximum atomic E-state index is 14.1. The highest BCUT2D eigenvalue weighted by atomic mass is 19.1. The van der Waals surface area contributed by atoms with Crippen LogP contribution in [0.3, 0.4) is 0 Å². The standard InChI is InChI=1S/C29H38F2N2O4/c1-3-5-6-7-8-9-26(33-28(36)32-24-15-14-22(30)19-23(24)31)29(16-17-29)21-12-10-20(11-13-21)18-25(27(34)35)37-4-2/h10-15,19,25-26H,3-9,16-18H2,1-2H3,(H,34,35)(H2,32,33,36). The first-order valence-electron chi connectivity index (χ1n) is 13.3. The molecule has 1 saturated carbocycles. The molecule has 0 bridgehead atoms. The van der Waals surface area contributed by atoms with Gasteiger partial charge in [0.2, 0.25) is 0 Å². The summed E-state index contributed by atoms with van der Waals surface area (Å²) in [6.45, 7) is 4.26. The second-order valence-corrected chi connectivity index (χ2v) is 9.82. The predicted octanol–water partition coefficient (Wildman–Crippen LogP) is 6.58. The van der Waals surface area contributed by atoms with Crippen LogP contribution in [0.25, 0.3) is 0 Å². The Labute approximate surface area is 217 Å². The summed E-state index contributed by atoms with van der Waals surface area (Å²) in [7, 11) is 0. The number of urea groups is 1. The maximum absolute atomic E-state index is 14.1. The first-order chi connectivity index (χ1) is 17.8. The van der Waals surface area contributed by atoms with E-state index in [1.54, 1.807) is 6.92 Å². The molecule has 0 saturated heterocycles. The van der Waals surface area contributed by atoms with Crippen molar-refractivity contribution in [2.75, 3.05) is 11.9 Å². The van der Waals surface area contributed by atoms with Gasteiger partial charge in [-0.25, -0.2) is 18.4 Å². The van der Waals surface area contributed by atoms with Gasteiger partial charge in [-0.05, 0) is 49.4 Å². The number of amides is 2. The van der Waals surface area contributed by atoms with Crippen molar-refractivity contribution in [1.29, 1.82) is 0 Å². The van der Waals surface area contributed by atoms with Crippen molar-refractivity contribution in [3.8, 4) is 0 Å². The zero-order valence-electron chi connectivity index (χ0n) is 21.7. The predicted molar refractivity (Wildman–Crippen MR) is 140 cm³/mol. The van der Waals surface area contributed by atoms with Gasteiger partial charge in [-0.15, -0.1) is 0 Å². The Balaban J connectivity index is 1.73. The number of carboxylic acids is 1. The van der Waals surface area contributed by atoms with Gasteiger partial charge in [0, 0.05) is 30.6 Å². The first kappa shape index (κ1) is 28.6. The van der Waals surface area contributed by atoms with Gasteiger partial charge in [0.25, 0.3) is 0 Å². The number of carbonyl (C=O) groups is 2. The number of halogens is 2. The second kappa shape index (κ2) is 13.5. The molecule has 8 heteroatoms. The van der Waals surface area contributed by atoms with Crippen LogP contribution in [-0.4, -0.2) is 35.9 Å². The molecule has 6 nitrogen and oxygen atoms in total. The Morgan fingerprint density at radius 1 is 1.03 bits per heavy atom. The number of hydrogen-bond donors (Lipinski definition) is 3. The summed E-state index contributed by atoms with van der Waals surface area (Å²) in [5, 5.41) is 15.0. The van der Waals surface area contributed by atoms with E-state index in [0.717, 1.165) is 68.2 Å². The molecule has 0 aromatic heterocycles. The normalized spacial score (nSPS) is 15.6. The fraction of sp³-hybridized carbons (Fsp3) is 0.517. The Hall–Kier alpha value is -3.00. The van der Waals surface area contributed by atoms with E-state index in [0.29, 0.717) is 6.61 Å². The van der Waals surface area contributed by atoms with Crippen LogP contribution in [0, 0.1) is 11.6 Å². The van der Waals surface area contributed by atoms with Crippen LogP contribution < -0.4 is 10.6 Å². The lowest BCUT2D eigenvalue weighted by atomic mass is 9.84. The Morgan fingerprint density at radius 3 is 2.32 bits per heavy atom. The number of ether oxygens (including phenoxy) is 1. The Bertz CT molecular complexity index is 1040. The van der Waals surface area contributed by atoms with Gasteiger partial charge < -0.3 is 20.5 Å². The zero-order valence-corrected chi connectivity index (χ0v) is 21.7. The Morgan fingerprint density at radius 2 is 1.73 bits per heavy atom. The van der Waals surface area contributed by atoms with E-state index < -0.39 is 29.7 Å². The van der Waals surface area contributed by atoms with E-state index in [4.69, 9.17) is 4.74 Å². The summed E-state index contributed by atoms with van der Waals surface area (Å²) in [5.74, 6) is -2.51. The van der Waals surface area contributed by atoms with Gasteiger partial charge in [0.05, 0.1) is 5.69 Å². The topological polar surface area (TPSA) is 87.7 Å². The Kier molecular flexibility index (Phi) is 10.4. The maximum Gasteiger partial charge on any atom is 0.333 e. The van der Waals surface area contributed by atoms with Gasteiger partial charge in [-0.2, -0.15) is 0 Å². The third-order valence-electron chi connectivity index (χ3n) is 7.13. The molecule has 0 heterocycles. The lowest BCUT2D eigenvalue weighted by Crippen LogP contribution is -2.45. The number of carboxylic acid groups (broad SMARTS) is 1. The van der Waals surface area contributed by atoms with Crippen LogP contribution in [0.1, 0.15) is 76.3 Å². The molecule has 3 N–H and O–H groups in total. The van der Waals surface area contributed by atoms with E-state index in [1.165, 1.54) is 12.5 Å². The van der Waals surface area contributed by atoms with Crippen molar-refractivity contribution in [2.45, 2.75) is 89.2 Å². The molecule has 0 radical (unpaired) electrons. The molecule has 0 aliphatic heterocycles. The number of rotatable bonds is 15. The molecule has 2 aromatic rings. The summed E-state index contributed by atoms with van der Waals surface area (Å²) in [6.07, 6.45) is 7.50. The summed E-state index contributed by atoms with van der Waals surface area (Å²) in [5.41, 5.74) is 1.66. The van der Waals surface area contributed by atoms with E-state index >= 15 is 0 Å². The number of hydrogen-bond acceptors (Lipinski definition) is 3. The monoisotopic (exact) mass is 516 g/mol. The molecule has 2 unspecified atom stereocenters. The fourth-order valence-electron chi connectivity index (χ4n) is 4.92. The fourth-order valence-corrected chi connectivity index (χ4v) is 4.92. The molecule has 202 valence electrons. The summed E-state index contributed by atoms with van der Waals surface area (Å²) < 4.78 is 32.7. The minimum Gasteiger partial charge on any atom is -0.479 e. The second-order valence-electron chi connectivity index (χ2n) is 9.82. The van der Waals surface area contributed by atoms with Gasteiger partial charge in [0.1, 0.15) is 11.6 Å². The van der Waals surface area contributed by atoms with Gasteiger partial charge in [-0.3, -0.25) is 0 Å². The highest BCUT2D eigenvalue weighted by Gasteiger charge is 2.50. The molecule has 2 amide bonds. The van der Waals surface area contributed by atoms with Crippen LogP contribution in [0.2, 0.25) is 0 Å². The number of carbonyl (C=O) groups excluding carboxylic acids is 1. The van der Waals surface area contributed by atoms with E-state index in [9.17, 15) is 23.5 Å². The highest BCUT2D eigenvalue weighted by molar-refractivity contribution is 5.89. The number of aliphatic carboxylic acids is 1. The van der Waals surface area contributed by atoms with E-state index in [2.05, 4.69) is 17.6 Å². The third kappa shape index (κ3) is 7.99. The summed E-state index contributed by atoms with van der Waals surface area (Å²) in [6, 6.07) is 10.3. The number of nitrogens with one attached hydrogen (secondary N) is 2. The number of unbranched alkanes of at least 4 members (excludes halogenated alkanes) is 4. The van der Waals surface area contributed by atoms with Gasteiger partial charge in [-0.1, -0.05) is 63.3 Å². The van der Waals surface area contributed by atoms with Crippen LogP contribution in [0.4, 0.5) is 19.3 Å². The SMILES string of the molecule is CCCCCCCC(NC(=O)Nc1ccc(F)cc1F)C1(c2ccc(CC(OCC)C(=O)O)cc2)CC1. The number of anilines is 1. The third-order valence-corrected chi connectivity index (χ3v) is 7.13. The molecule has 3 rings (SSSR count). The van der Waals surface area contributed by atoms with Gasteiger partial charge >= 0.3 is 12.0 Å². The van der Waals surface area contributed by atoms with Crippen LogP contribution in [0.5, 0.6) is 0 Å². The molecule has 37 heavy (non-hydrogen) atoms. The van der Waals surface area contributed by atoms with E-state index in [-0.39, 0.29) is 23.6 Å². The van der Waals surface area contributed by atoms with Crippen molar-refractivity contribution in [2.24, 2.45) is 0 Å². The summed E-state index contributed by atoms with van der Waals surface area (Å²) in [4.78, 5) is 24.3. The minimum absolute atomic E-state index is 0.0721. The van der Waals surface area contributed by atoms with Gasteiger partial charge in [0.15, 0.2) is 6.10 Å². The van der Waals surface area contributed by atoms with E-state index in [1.807, 2.05) is 24.3 Å². The van der Waals surface area contributed by atoms with Crippen LogP contribution >= 0.6 is 0 Å². The van der Waals surface area contributed by atoms with Crippen LogP contribution in [0.15, 0.2) is 42.5 Å².